The molecule has 0 spiro atoms. The summed E-state index contributed by atoms with van der Waals surface area (Å²) in [6.07, 6.45) is -5.71. The molecule has 2 N–H and O–H groups in total. The quantitative estimate of drug-likeness (QED) is 0.543. The first-order chi connectivity index (χ1) is 17.2. The van der Waals surface area contributed by atoms with Gasteiger partial charge in [-0.15, -0.1) is 0 Å². The normalized spacial score (nSPS) is 22.5. The molecule has 0 unspecified atom stereocenters. The van der Waals surface area contributed by atoms with Gasteiger partial charge in [-0.1, -0.05) is 18.2 Å². The lowest BCUT2D eigenvalue weighted by Gasteiger charge is -2.47. The number of carboxylic acids is 2. The van der Waals surface area contributed by atoms with Gasteiger partial charge in [0.05, 0.1) is 19.8 Å². The molecule has 8 nitrogen and oxygen atoms in total. The van der Waals surface area contributed by atoms with Gasteiger partial charge in [0, 0.05) is 44.3 Å². The molecule has 4 rings (SSSR count). The van der Waals surface area contributed by atoms with Gasteiger partial charge in [-0.2, -0.15) is 26.3 Å². The molecule has 0 bridgehead atoms. The Hall–Kier alpha value is -2.58. The molecule has 0 amide bonds. The predicted octanol–water partition coefficient (Wildman–Crippen LogP) is 3.65. The molecule has 1 aromatic rings. The van der Waals surface area contributed by atoms with Gasteiger partial charge in [0.25, 0.3) is 0 Å². The molecule has 1 aromatic carbocycles. The van der Waals surface area contributed by atoms with E-state index >= 15 is 0 Å². The molecule has 2 heterocycles. The summed E-state index contributed by atoms with van der Waals surface area (Å²) in [5, 5.41) is 14.2. The van der Waals surface area contributed by atoms with Crippen molar-refractivity contribution in [3.05, 3.63) is 29.8 Å². The fourth-order valence-electron chi connectivity index (χ4n) is 4.08. The highest BCUT2D eigenvalue weighted by Gasteiger charge is 2.40. The second-order valence-corrected chi connectivity index (χ2v) is 8.86. The van der Waals surface area contributed by atoms with Gasteiger partial charge in [-0.05, 0) is 31.2 Å². The molecule has 2 saturated heterocycles. The monoisotopic (exact) mass is 544 g/mol. The average Bonchev–Trinajstić information content (AvgIpc) is 3.63. The second-order valence-electron chi connectivity index (χ2n) is 8.86. The lowest BCUT2D eigenvalue weighted by Crippen LogP contribution is -2.60. The largest absolute Gasteiger partial charge is 0.496 e. The lowest BCUT2D eigenvalue weighted by atomic mass is 9.97. The average molecular weight is 544 g/mol. The minimum absolute atomic E-state index is 0.441. The molecule has 3 fully saturated rings. The number of carbonyl (C=O) groups is 2. The first-order valence-electron chi connectivity index (χ1n) is 11.5. The smallest absolute Gasteiger partial charge is 0.490 e. The third-order valence-electron chi connectivity index (χ3n) is 6.04. The maximum absolute atomic E-state index is 10.6. The number of alkyl halides is 6. The predicted molar refractivity (Wildman–Crippen MR) is 118 cm³/mol. The topological polar surface area (TPSA) is 99.5 Å². The maximum Gasteiger partial charge on any atom is 0.490 e. The number of halogens is 6. The van der Waals surface area contributed by atoms with Crippen LogP contribution in [0.25, 0.3) is 0 Å². The van der Waals surface area contributed by atoms with Gasteiger partial charge in [-0.25, -0.2) is 9.59 Å². The van der Waals surface area contributed by atoms with Crippen molar-refractivity contribution in [1.82, 2.24) is 9.80 Å². The van der Waals surface area contributed by atoms with Gasteiger partial charge in [0.15, 0.2) is 0 Å². The molecule has 1 aliphatic carbocycles. The van der Waals surface area contributed by atoms with Crippen molar-refractivity contribution < 1.29 is 55.6 Å². The van der Waals surface area contributed by atoms with E-state index in [1.165, 1.54) is 24.9 Å². The summed E-state index contributed by atoms with van der Waals surface area (Å²) >= 11 is 0. The molecule has 3 aliphatic rings. The van der Waals surface area contributed by atoms with Crippen LogP contribution in [0.15, 0.2) is 24.3 Å². The number of nitrogens with zero attached hydrogens (tertiary/aromatic N) is 2. The Morgan fingerprint density at radius 1 is 1.00 bits per heavy atom. The second kappa shape index (κ2) is 13.3. The number of rotatable bonds is 5. The summed E-state index contributed by atoms with van der Waals surface area (Å²) in [7, 11) is 1.76. The number of likely N-dealkylation sites (tertiary alicyclic amines) is 1. The Balaban J connectivity index is 0.000000286. The van der Waals surface area contributed by atoms with E-state index in [1.807, 2.05) is 6.07 Å². The number of para-hydroxylation sites is 1. The van der Waals surface area contributed by atoms with Crippen molar-refractivity contribution >= 4 is 11.9 Å². The van der Waals surface area contributed by atoms with Crippen LogP contribution in [0.2, 0.25) is 0 Å². The number of aliphatic carboxylic acids is 2. The van der Waals surface area contributed by atoms with Crippen LogP contribution in [0.3, 0.4) is 0 Å². The molecule has 1 saturated carbocycles. The maximum atomic E-state index is 10.6. The van der Waals surface area contributed by atoms with Gasteiger partial charge in [0.2, 0.25) is 0 Å². The van der Waals surface area contributed by atoms with E-state index in [0.717, 1.165) is 50.9 Å². The molecular weight excluding hydrogens is 514 g/mol. The van der Waals surface area contributed by atoms with Crippen LogP contribution >= 0.6 is 0 Å². The highest BCUT2D eigenvalue weighted by atomic mass is 19.4. The van der Waals surface area contributed by atoms with Crippen LogP contribution in [-0.4, -0.2) is 96.3 Å². The van der Waals surface area contributed by atoms with Crippen molar-refractivity contribution in [3.63, 3.8) is 0 Å². The van der Waals surface area contributed by atoms with Gasteiger partial charge in [0.1, 0.15) is 5.75 Å². The van der Waals surface area contributed by atoms with Crippen molar-refractivity contribution in [3.8, 4) is 5.75 Å². The number of hydrogen-bond donors (Lipinski definition) is 2. The third kappa shape index (κ3) is 10.4. The van der Waals surface area contributed by atoms with E-state index in [9.17, 15) is 26.3 Å². The molecule has 2 atom stereocenters. The zero-order valence-electron chi connectivity index (χ0n) is 20.1. The van der Waals surface area contributed by atoms with E-state index in [-0.39, 0.29) is 0 Å². The van der Waals surface area contributed by atoms with Crippen molar-refractivity contribution in [1.29, 1.82) is 0 Å². The molecule has 0 aromatic heterocycles. The molecule has 14 heteroatoms. The van der Waals surface area contributed by atoms with Crippen LogP contribution in [-0.2, 0) is 20.9 Å². The summed E-state index contributed by atoms with van der Waals surface area (Å²) in [5.41, 5.74) is 1.29. The Bertz CT molecular complexity index is 869. The van der Waals surface area contributed by atoms with Crippen LogP contribution in [0.5, 0.6) is 5.75 Å². The molecule has 210 valence electrons. The summed E-state index contributed by atoms with van der Waals surface area (Å²) in [6, 6.07) is 8.97. The van der Waals surface area contributed by atoms with Crippen LogP contribution in [0.1, 0.15) is 24.8 Å². The van der Waals surface area contributed by atoms with Crippen LogP contribution < -0.4 is 4.74 Å². The highest BCUT2D eigenvalue weighted by Crippen LogP contribution is 2.33. The van der Waals surface area contributed by atoms with E-state index in [4.69, 9.17) is 29.3 Å². The van der Waals surface area contributed by atoms with Crippen molar-refractivity contribution in [2.75, 3.05) is 39.9 Å². The minimum atomic E-state index is -5.08. The molecule has 37 heavy (non-hydrogen) atoms. The number of methoxy groups -OCH3 is 1. The Morgan fingerprint density at radius 2 is 1.57 bits per heavy atom. The number of ether oxygens (including phenoxy) is 2. The SMILES string of the molecule is COc1ccccc1CN1CC[C@@H]2OCCN(CC3CC3)[C@H]2C1.O=C(O)C(F)(F)F.O=C(O)C(F)(F)F. The van der Waals surface area contributed by atoms with E-state index < -0.39 is 24.3 Å². The third-order valence-corrected chi connectivity index (χ3v) is 6.04. The molecular formula is C23H30F6N2O6. The Labute approximate surface area is 209 Å². The molecule has 2 aliphatic heterocycles. The van der Waals surface area contributed by atoms with E-state index in [0.29, 0.717) is 12.1 Å². The zero-order chi connectivity index (χ0) is 27.8. The fraction of sp³-hybridized carbons (Fsp3) is 0.652. The highest BCUT2D eigenvalue weighted by molar-refractivity contribution is 5.73. The minimum Gasteiger partial charge on any atom is -0.496 e. The lowest BCUT2D eigenvalue weighted by molar-refractivity contribution is -0.193. The summed E-state index contributed by atoms with van der Waals surface area (Å²) < 4.78 is 75.1. The van der Waals surface area contributed by atoms with Crippen molar-refractivity contribution in [2.45, 2.75) is 50.3 Å². The molecule has 0 radical (unpaired) electrons. The first kappa shape index (κ1) is 30.6. The fourth-order valence-corrected chi connectivity index (χ4v) is 4.08. The number of piperidine rings is 1. The van der Waals surface area contributed by atoms with E-state index in [2.05, 4.69) is 28.0 Å². The van der Waals surface area contributed by atoms with Crippen molar-refractivity contribution in [2.24, 2.45) is 5.92 Å². The van der Waals surface area contributed by atoms with E-state index in [1.54, 1.807) is 7.11 Å². The number of morpholine rings is 1. The number of hydrogen-bond acceptors (Lipinski definition) is 6. The summed E-state index contributed by atoms with van der Waals surface area (Å²) in [6.45, 7) is 6.53. The van der Waals surface area contributed by atoms with Gasteiger partial charge >= 0.3 is 24.3 Å². The van der Waals surface area contributed by atoms with Gasteiger partial charge in [-0.3, -0.25) is 9.80 Å². The summed E-state index contributed by atoms with van der Waals surface area (Å²) in [4.78, 5) is 23.1. The van der Waals surface area contributed by atoms with Crippen LogP contribution in [0, 0.1) is 5.92 Å². The van der Waals surface area contributed by atoms with Gasteiger partial charge < -0.3 is 19.7 Å². The number of carboxylic acid groups (broad SMARTS) is 2. The number of benzene rings is 1. The standard InChI is InChI=1S/C19H28N2O2.2C2HF3O2/c1-22-18-5-3-2-4-16(18)13-20-9-8-19-17(14-20)21(10-11-23-19)12-15-6-7-15;2*3-2(4,5)1(6)7/h2-5,15,17,19H,6-14H2,1H3;2*(H,6,7)/t17-,19-;;/m0../s1. The Kier molecular flexibility index (Phi) is 11.0. The number of fused-ring (bicyclic) bond motifs is 1. The van der Waals surface area contributed by atoms with Crippen LogP contribution in [0.4, 0.5) is 26.3 Å². The summed E-state index contributed by atoms with van der Waals surface area (Å²) in [5.74, 6) is -3.55. The Morgan fingerprint density at radius 3 is 2.08 bits per heavy atom. The zero-order valence-corrected chi connectivity index (χ0v) is 20.1. The first-order valence-corrected chi connectivity index (χ1v) is 11.5.